The summed E-state index contributed by atoms with van der Waals surface area (Å²) in [6.45, 7) is 4.09. The molecule has 0 bridgehead atoms. The van der Waals surface area contributed by atoms with Crippen LogP contribution < -0.4 is 20.1 Å². The van der Waals surface area contributed by atoms with E-state index in [4.69, 9.17) is 32.7 Å². The molecule has 2 heterocycles. The Morgan fingerprint density at radius 3 is 1.74 bits per heavy atom. The van der Waals surface area contributed by atoms with Gasteiger partial charge in [-0.25, -0.2) is 9.98 Å². The number of halogens is 2. The van der Waals surface area contributed by atoms with Crippen LogP contribution in [0.1, 0.15) is 16.7 Å². The fourth-order valence-electron chi connectivity index (χ4n) is 4.07. The van der Waals surface area contributed by atoms with Crippen molar-refractivity contribution in [1.29, 1.82) is 0 Å². The molecule has 5 rings (SSSR count). The quantitative estimate of drug-likeness (QED) is 0.274. The molecule has 0 aliphatic carbocycles. The summed E-state index contributed by atoms with van der Waals surface area (Å²) in [7, 11) is 5.35. The minimum absolute atomic E-state index is 0.712. The number of rotatable bonds is 9. The number of hydrogen-bond acceptors (Lipinski definition) is 10. The predicted octanol–water partition coefficient (Wildman–Crippen LogP) is 6.39. The highest BCUT2D eigenvalue weighted by Crippen LogP contribution is 2.28. The molecule has 2 N–H and O–H groups in total. The normalized spacial score (nSPS) is 15.3. The van der Waals surface area contributed by atoms with E-state index in [0.717, 1.165) is 76.4 Å². The summed E-state index contributed by atoms with van der Waals surface area (Å²) in [6, 6.07) is 21.9. The van der Waals surface area contributed by atoms with E-state index in [2.05, 4.69) is 36.5 Å². The van der Waals surface area contributed by atoms with E-state index in [1.54, 1.807) is 37.7 Å². The van der Waals surface area contributed by atoms with Crippen LogP contribution in [0.2, 0.25) is 10.0 Å². The molecule has 0 spiro atoms. The molecule has 8 nitrogen and oxygen atoms in total. The summed E-state index contributed by atoms with van der Waals surface area (Å²) >= 11 is 15.2. The lowest BCUT2D eigenvalue weighted by Gasteiger charge is -2.26. The number of nitrogens with zero attached hydrogens (tertiary/aromatic N) is 4. The number of benzene rings is 3. The van der Waals surface area contributed by atoms with Crippen molar-refractivity contribution in [2.45, 2.75) is 17.9 Å². The van der Waals surface area contributed by atoms with Crippen LogP contribution in [0.25, 0.3) is 0 Å². The molecule has 2 aliphatic rings. The van der Waals surface area contributed by atoms with Crippen LogP contribution in [0, 0.1) is 0 Å². The highest BCUT2D eigenvalue weighted by molar-refractivity contribution is 8.13. The van der Waals surface area contributed by atoms with Crippen molar-refractivity contribution in [1.82, 2.24) is 20.4 Å². The van der Waals surface area contributed by atoms with Crippen LogP contribution >= 0.6 is 46.7 Å². The summed E-state index contributed by atoms with van der Waals surface area (Å²) in [5, 5.41) is 10.2. The highest BCUT2D eigenvalue weighted by atomic mass is 35.5. The molecule has 0 fully saturated rings. The van der Waals surface area contributed by atoms with Gasteiger partial charge in [0.15, 0.2) is 21.8 Å². The van der Waals surface area contributed by atoms with Gasteiger partial charge in [0.25, 0.3) is 0 Å². The first-order chi connectivity index (χ1) is 20.9. The molecule has 0 atom stereocenters. The number of nitrogens with one attached hydrogen (secondary N) is 2. The first-order valence-electron chi connectivity index (χ1n) is 13.8. The summed E-state index contributed by atoms with van der Waals surface area (Å²) in [6.07, 6.45) is 0.935. The number of methoxy groups -OCH3 is 2. The van der Waals surface area contributed by atoms with Crippen LogP contribution in [-0.2, 0) is 17.9 Å². The first kappa shape index (κ1) is 33.3. The average molecular weight is 662 g/mol. The van der Waals surface area contributed by atoms with Crippen LogP contribution in [-0.4, -0.2) is 74.6 Å². The Kier molecular flexibility index (Phi) is 13.7. The SMILES string of the molecule is CN1CN=C(SCc2ccc(Cl)cc2)NC1.COc1ccc(CCN2CN=C(SCc3ccc(Cl)cc3)NC2)cc1OC. The standard InChI is InChI=1S/C20H24ClN3O2S.C11H14ClN3S/c1-25-18-8-5-15(11-19(18)26-2)9-10-24-13-22-20(23-14-24)27-12-16-3-6-17(21)7-4-16;1-15-7-13-11(14-8-15)16-6-9-2-4-10(12)5-3-9/h3-8,11H,9-10,12-14H2,1-2H3,(H,22,23);2-5H,6-8H2,1H3,(H,13,14). The number of thioether (sulfide) groups is 2. The Morgan fingerprint density at radius 2 is 1.26 bits per heavy atom. The van der Waals surface area contributed by atoms with Crippen molar-refractivity contribution in [2.24, 2.45) is 9.98 Å². The minimum Gasteiger partial charge on any atom is -0.493 e. The number of amidine groups is 2. The fourth-order valence-corrected chi connectivity index (χ4v) is 5.95. The first-order valence-corrected chi connectivity index (χ1v) is 16.6. The van der Waals surface area contributed by atoms with Gasteiger partial charge in [-0.1, -0.05) is 77.1 Å². The van der Waals surface area contributed by atoms with Crippen LogP contribution in [0.5, 0.6) is 11.5 Å². The van der Waals surface area contributed by atoms with Crippen molar-refractivity contribution in [3.05, 3.63) is 93.5 Å². The Hall–Kier alpha value is -2.60. The van der Waals surface area contributed by atoms with Crippen molar-refractivity contribution in [2.75, 3.05) is 54.5 Å². The summed E-state index contributed by atoms with van der Waals surface area (Å²) < 4.78 is 10.7. The molecule has 0 aromatic heterocycles. The molecule has 0 unspecified atom stereocenters. The van der Waals surface area contributed by atoms with E-state index < -0.39 is 0 Å². The fraction of sp³-hybridized carbons (Fsp3) is 0.355. The predicted molar refractivity (Wildman–Crippen MR) is 184 cm³/mol. The van der Waals surface area contributed by atoms with Gasteiger partial charge < -0.3 is 20.1 Å². The third-order valence-electron chi connectivity index (χ3n) is 6.57. The van der Waals surface area contributed by atoms with Gasteiger partial charge in [-0.3, -0.25) is 9.80 Å². The molecular formula is C31H38Cl2N6O2S2. The van der Waals surface area contributed by atoms with Crippen molar-refractivity contribution < 1.29 is 9.47 Å². The van der Waals surface area contributed by atoms with Crippen LogP contribution in [0.15, 0.2) is 76.7 Å². The zero-order valence-electron chi connectivity index (χ0n) is 24.7. The molecule has 0 saturated carbocycles. The monoisotopic (exact) mass is 660 g/mol. The van der Waals surface area contributed by atoms with Gasteiger partial charge in [-0.15, -0.1) is 0 Å². The lowest BCUT2D eigenvalue weighted by molar-refractivity contribution is 0.270. The maximum absolute atomic E-state index is 5.92. The van der Waals surface area contributed by atoms with Crippen molar-refractivity contribution >= 4 is 57.1 Å². The molecule has 3 aromatic carbocycles. The molecule has 0 radical (unpaired) electrons. The Balaban J connectivity index is 0.000000225. The third kappa shape index (κ3) is 11.4. The molecule has 43 heavy (non-hydrogen) atoms. The maximum Gasteiger partial charge on any atom is 0.160 e. The van der Waals surface area contributed by atoms with Crippen molar-refractivity contribution in [3.8, 4) is 11.5 Å². The highest BCUT2D eigenvalue weighted by Gasteiger charge is 2.13. The lowest BCUT2D eigenvalue weighted by atomic mass is 10.1. The second kappa shape index (κ2) is 17.6. The topological polar surface area (TPSA) is 73.7 Å². The van der Waals surface area contributed by atoms with Gasteiger partial charge in [-0.05, 0) is 66.6 Å². The molecule has 2 aliphatic heterocycles. The molecular weight excluding hydrogens is 623 g/mol. The van der Waals surface area contributed by atoms with Crippen LogP contribution in [0.3, 0.4) is 0 Å². The largest absolute Gasteiger partial charge is 0.493 e. The van der Waals surface area contributed by atoms with E-state index in [1.165, 1.54) is 16.7 Å². The smallest absolute Gasteiger partial charge is 0.160 e. The summed E-state index contributed by atoms with van der Waals surface area (Å²) in [4.78, 5) is 13.5. The van der Waals surface area contributed by atoms with Crippen LogP contribution in [0.4, 0.5) is 0 Å². The van der Waals surface area contributed by atoms with Gasteiger partial charge in [0.05, 0.1) is 40.9 Å². The van der Waals surface area contributed by atoms with Gasteiger partial charge in [0.1, 0.15) is 0 Å². The van der Waals surface area contributed by atoms with Crippen molar-refractivity contribution in [3.63, 3.8) is 0 Å². The second-order valence-corrected chi connectivity index (χ2v) is 12.7. The zero-order valence-corrected chi connectivity index (χ0v) is 27.8. The molecule has 12 heteroatoms. The minimum atomic E-state index is 0.712. The lowest BCUT2D eigenvalue weighted by Crippen LogP contribution is -2.42. The molecule has 0 saturated heterocycles. The maximum atomic E-state index is 5.92. The Labute approximate surface area is 273 Å². The van der Waals surface area contributed by atoms with Gasteiger partial charge in [-0.2, -0.15) is 0 Å². The van der Waals surface area contributed by atoms with E-state index >= 15 is 0 Å². The summed E-state index contributed by atoms with van der Waals surface area (Å²) in [5.74, 6) is 3.33. The summed E-state index contributed by atoms with van der Waals surface area (Å²) in [5.41, 5.74) is 3.72. The molecule has 3 aromatic rings. The van der Waals surface area contributed by atoms with Gasteiger partial charge in [0.2, 0.25) is 0 Å². The van der Waals surface area contributed by atoms with Gasteiger partial charge in [0, 0.05) is 28.1 Å². The number of hydrogen-bond donors (Lipinski definition) is 2. The second-order valence-electron chi connectivity index (χ2n) is 9.90. The van der Waals surface area contributed by atoms with E-state index in [0.29, 0.717) is 6.67 Å². The zero-order chi connectivity index (χ0) is 30.4. The molecule has 230 valence electrons. The van der Waals surface area contributed by atoms with E-state index in [9.17, 15) is 0 Å². The third-order valence-corrected chi connectivity index (χ3v) is 9.12. The average Bonchev–Trinajstić information content (AvgIpc) is 3.04. The number of ether oxygens (including phenoxy) is 2. The number of aliphatic imine (C=N–C) groups is 2. The Bertz CT molecular complexity index is 1360. The van der Waals surface area contributed by atoms with E-state index in [1.807, 2.05) is 67.7 Å². The Morgan fingerprint density at radius 1 is 0.721 bits per heavy atom. The van der Waals surface area contributed by atoms with Gasteiger partial charge >= 0.3 is 0 Å². The van der Waals surface area contributed by atoms with E-state index in [-0.39, 0.29) is 0 Å². The molecule has 0 amide bonds.